The molecule has 1 unspecified atom stereocenters. The maximum Gasteiger partial charge on any atom is 0.490 e. The summed E-state index contributed by atoms with van der Waals surface area (Å²) in [6.45, 7) is 8.91. The number of carbonyl (C=O) groups is 2. The number of nitrogens with zero attached hydrogens (tertiary/aromatic N) is 4. The van der Waals surface area contributed by atoms with Gasteiger partial charge in [0.2, 0.25) is 0 Å². The van der Waals surface area contributed by atoms with Crippen LogP contribution in [-0.4, -0.2) is 82.2 Å². The van der Waals surface area contributed by atoms with Gasteiger partial charge in [0.1, 0.15) is 5.82 Å². The van der Waals surface area contributed by atoms with Crippen molar-refractivity contribution in [2.45, 2.75) is 38.8 Å². The van der Waals surface area contributed by atoms with Gasteiger partial charge in [-0.05, 0) is 37.0 Å². The maximum absolute atomic E-state index is 10.6. The molecule has 4 heterocycles. The lowest BCUT2D eigenvalue weighted by molar-refractivity contribution is -0.193. The molecule has 0 saturated carbocycles. The van der Waals surface area contributed by atoms with Crippen LogP contribution >= 0.6 is 0 Å². The Bertz CT molecular complexity index is 1050. The Labute approximate surface area is 220 Å². The number of anilines is 1. The molecular weight excluding hydrogens is 538 g/mol. The first-order valence-electron chi connectivity index (χ1n) is 11.7. The molecule has 39 heavy (non-hydrogen) atoms. The van der Waals surface area contributed by atoms with E-state index in [1.165, 1.54) is 17.5 Å². The lowest BCUT2D eigenvalue weighted by atomic mass is 10.1. The predicted molar refractivity (Wildman–Crippen MR) is 126 cm³/mol. The minimum atomic E-state index is -5.08. The molecule has 0 spiro atoms. The van der Waals surface area contributed by atoms with Crippen LogP contribution in [0.25, 0.3) is 0 Å². The van der Waals surface area contributed by atoms with E-state index in [4.69, 9.17) is 29.5 Å². The summed E-state index contributed by atoms with van der Waals surface area (Å²) < 4.78 is 69.0. The van der Waals surface area contributed by atoms with E-state index in [0.29, 0.717) is 5.92 Å². The fraction of sp³-hybridized carbons (Fsp3) is 0.500. The van der Waals surface area contributed by atoms with Crippen molar-refractivity contribution in [1.82, 2.24) is 14.9 Å². The van der Waals surface area contributed by atoms with Gasteiger partial charge in [-0.1, -0.05) is 12.1 Å². The summed E-state index contributed by atoms with van der Waals surface area (Å²) in [5, 5.41) is 14.2. The van der Waals surface area contributed by atoms with Gasteiger partial charge in [0.05, 0.1) is 6.61 Å². The van der Waals surface area contributed by atoms with Crippen molar-refractivity contribution in [1.29, 1.82) is 0 Å². The zero-order valence-corrected chi connectivity index (χ0v) is 20.9. The summed E-state index contributed by atoms with van der Waals surface area (Å²) in [5.41, 5.74) is 3.63. The van der Waals surface area contributed by atoms with Crippen LogP contribution in [0.2, 0.25) is 0 Å². The number of aryl methyl sites for hydroxylation is 1. The van der Waals surface area contributed by atoms with Crippen molar-refractivity contribution >= 4 is 17.8 Å². The van der Waals surface area contributed by atoms with Gasteiger partial charge in [0.25, 0.3) is 0 Å². The SMILES string of the molecule is Cc1ccc2c(n1)N(Cc1cccnc1)CCN(CC1CCOC1)C2.O=C(O)C(F)(F)F.O=C(O)C(F)(F)F. The van der Waals surface area contributed by atoms with E-state index < -0.39 is 24.3 Å². The molecule has 0 amide bonds. The fourth-order valence-corrected chi connectivity index (χ4v) is 3.77. The first-order chi connectivity index (χ1) is 18.2. The third kappa shape index (κ3) is 11.0. The van der Waals surface area contributed by atoms with Crippen molar-refractivity contribution in [3.63, 3.8) is 0 Å². The Morgan fingerprint density at radius 1 is 1.05 bits per heavy atom. The van der Waals surface area contributed by atoms with Crippen molar-refractivity contribution in [2.75, 3.05) is 37.7 Å². The Hall–Kier alpha value is -3.46. The molecule has 4 rings (SSSR count). The van der Waals surface area contributed by atoms with Gasteiger partial charge in [-0.3, -0.25) is 9.88 Å². The number of fused-ring (bicyclic) bond motifs is 1. The highest BCUT2D eigenvalue weighted by molar-refractivity contribution is 5.73. The molecule has 2 aromatic rings. The molecular formula is C24H28F6N4O5. The van der Waals surface area contributed by atoms with E-state index in [1.807, 2.05) is 18.5 Å². The van der Waals surface area contributed by atoms with Crippen LogP contribution in [0.4, 0.5) is 32.2 Å². The van der Waals surface area contributed by atoms with E-state index >= 15 is 0 Å². The number of carboxylic acids is 2. The number of carboxylic acid groups (broad SMARTS) is 2. The van der Waals surface area contributed by atoms with Gasteiger partial charge in [0, 0.05) is 63.0 Å². The molecule has 1 atom stereocenters. The lowest BCUT2D eigenvalue weighted by Crippen LogP contribution is -2.34. The molecule has 2 aromatic heterocycles. The zero-order chi connectivity index (χ0) is 29.2. The predicted octanol–water partition coefficient (Wildman–Crippen LogP) is 3.91. The van der Waals surface area contributed by atoms with Crippen molar-refractivity contribution < 1.29 is 50.9 Å². The number of hydrogen-bond donors (Lipinski definition) is 2. The Morgan fingerprint density at radius 2 is 1.69 bits per heavy atom. The average Bonchev–Trinajstić information content (AvgIpc) is 3.30. The monoisotopic (exact) mass is 566 g/mol. The number of aliphatic carboxylic acids is 2. The van der Waals surface area contributed by atoms with Crippen molar-refractivity contribution in [3.05, 3.63) is 53.5 Å². The van der Waals surface area contributed by atoms with Gasteiger partial charge in [0.15, 0.2) is 0 Å². The number of pyridine rings is 2. The highest BCUT2D eigenvalue weighted by atomic mass is 19.4. The number of alkyl halides is 6. The quantitative estimate of drug-likeness (QED) is 0.532. The summed E-state index contributed by atoms with van der Waals surface area (Å²) in [7, 11) is 0. The molecule has 2 N–H and O–H groups in total. The molecule has 2 aliphatic rings. The second-order valence-electron chi connectivity index (χ2n) is 8.79. The summed E-state index contributed by atoms with van der Waals surface area (Å²) in [4.78, 5) is 31.9. The number of hydrogen-bond acceptors (Lipinski definition) is 7. The zero-order valence-electron chi connectivity index (χ0n) is 20.9. The van der Waals surface area contributed by atoms with Crippen LogP contribution < -0.4 is 4.90 Å². The summed E-state index contributed by atoms with van der Waals surface area (Å²) in [6.07, 6.45) is -5.20. The van der Waals surface area contributed by atoms with E-state index in [2.05, 4.69) is 39.9 Å². The van der Waals surface area contributed by atoms with Crippen LogP contribution in [-0.2, 0) is 27.4 Å². The van der Waals surface area contributed by atoms with E-state index in [-0.39, 0.29) is 0 Å². The third-order valence-corrected chi connectivity index (χ3v) is 5.60. The van der Waals surface area contributed by atoms with Gasteiger partial charge in [-0.25, -0.2) is 14.6 Å². The van der Waals surface area contributed by atoms with Crippen LogP contribution in [0.3, 0.4) is 0 Å². The third-order valence-electron chi connectivity index (χ3n) is 5.60. The summed E-state index contributed by atoms with van der Waals surface area (Å²) in [5.74, 6) is -3.71. The average molecular weight is 566 g/mol. The Balaban J connectivity index is 0.000000317. The largest absolute Gasteiger partial charge is 0.490 e. The minimum Gasteiger partial charge on any atom is -0.475 e. The van der Waals surface area contributed by atoms with E-state index in [1.54, 1.807) is 0 Å². The van der Waals surface area contributed by atoms with Crippen molar-refractivity contribution in [2.24, 2.45) is 5.92 Å². The number of halogens is 6. The normalized spacial score (nSPS) is 17.6. The number of aromatic nitrogens is 2. The molecule has 1 saturated heterocycles. The highest BCUT2D eigenvalue weighted by Crippen LogP contribution is 2.26. The summed E-state index contributed by atoms with van der Waals surface area (Å²) >= 11 is 0. The van der Waals surface area contributed by atoms with Gasteiger partial charge < -0.3 is 19.8 Å². The molecule has 0 aromatic carbocycles. The maximum atomic E-state index is 10.6. The molecule has 9 nitrogen and oxygen atoms in total. The highest BCUT2D eigenvalue weighted by Gasteiger charge is 2.38. The van der Waals surface area contributed by atoms with E-state index in [0.717, 1.165) is 57.4 Å². The molecule has 216 valence electrons. The molecule has 0 aliphatic carbocycles. The van der Waals surface area contributed by atoms with Gasteiger partial charge in [-0.15, -0.1) is 0 Å². The van der Waals surface area contributed by atoms with Crippen LogP contribution in [0.15, 0.2) is 36.7 Å². The molecule has 2 aliphatic heterocycles. The smallest absolute Gasteiger partial charge is 0.475 e. The summed E-state index contributed by atoms with van der Waals surface area (Å²) in [6, 6.07) is 8.52. The standard InChI is InChI=1S/C20H26N4O.2C2HF3O2/c1-16-4-5-19-14-23(12-18-6-10-25-15-18)8-9-24(20(19)22-16)13-17-3-2-7-21-11-17;2*3-2(4,5)1(6)7/h2-5,7,11,18H,6,8-10,12-15H2,1H3;2*(H,6,7). The van der Waals surface area contributed by atoms with Crippen LogP contribution in [0.5, 0.6) is 0 Å². The molecule has 1 fully saturated rings. The topological polar surface area (TPSA) is 116 Å². The first-order valence-corrected chi connectivity index (χ1v) is 11.7. The van der Waals surface area contributed by atoms with Crippen LogP contribution in [0, 0.1) is 12.8 Å². The van der Waals surface area contributed by atoms with Gasteiger partial charge in [-0.2, -0.15) is 26.3 Å². The molecule has 0 bridgehead atoms. The minimum absolute atomic E-state index is 0.673. The second-order valence-corrected chi connectivity index (χ2v) is 8.79. The number of rotatable bonds is 4. The Morgan fingerprint density at radius 3 is 2.21 bits per heavy atom. The van der Waals surface area contributed by atoms with Crippen LogP contribution in [0.1, 0.15) is 23.2 Å². The molecule has 15 heteroatoms. The fourth-order valence-electron chi connectivity index (χ4n) is 3.77. The van der Waals surface area contributed by atoms with Crippen molar-refractivity contribution in [3.8, 4) is 0 Å². The second kappa shape index (κ2) is 14.1. The van der Waals surface area contributed by atoms with Gasteiger partial charge >= 0.3 is 24.3 Å². The lowest BCUT2D eigenvalue weighted by Gasteiger charge is -2.25. The number of ether oxygens (including phenoxy) is 1. The first kappa shape index (κ1) is 31.8. The van der Waals surface area contributed by atoms with E-state index in [9.17, 15) is 26.3 Å². The molecule has 0 radical (unpaired) electrons. The Kier molecular flexibility index (Phi) is 11.5.